The number of amides is 1. The van der Waals surface area contributed by atoms with Crippen LogP contribution in [0.25, 0.3) is 0 Å². The van der Waals surface area contributed by atoms with Gasteiger partial charge in [0.1, 0.15) is 17.7 Å². The molecule has 0 radical (unpaired) electrons. The topological polar surface area (TPSA) is 101 Å². The lowest BCUT2D eigenvalue weighted by Crippen LogP contribution is -2.19. The molecule has 2 aromatic heterocycles. The fourth-order valence-corrected chi connectivity index (χ4v) is 3.39. The van der Waals surface area contributed by atoms with Gasteiger partial charge in [-0.05, 0) is 47.5 Å². The van der Waals surface area contributed by atoms with Crippen LogP contribution in [0.2, 0.25) is 0 Å². The Morgan fingerprint density at radius 3 is 2.64 bits per heavy atom. The van der Waals surface area contributed by atoms with Gasteiger partial charge < -0.3 is 9.88 Å². The average molecular weight is 399 g/mol. The van der Waals surface area contributed by atoms with Crippen LogP contribution in [-0.2, 0) is 18.4 Å². The minimum absolute atomic E-state index is 0.0961. The Morgan fingerprint density at radius 1 is 1.32 bits per heavy atom. The van der Waals surface area contributed by atoms with Crippen molar-refractivity contribution in [3.63, 3.8) is 0 Å². The smallest absolute Gasteiger partial charge is 0.235 e. The number of anilines is 1. The summed E-state index contributed by atoms with van der Waals surface area (Å²) in [5.41, 5.74) is 2.93. The van der Waals surface area contributed by atoms with E-state index < -0.39 is 0 Å². The summed E-state index contributed by atoms with van der Waals surface area (Å²) in [5.74, 6) is -0.0598. The molecule has 3 rings (SSSR count). The SMILES string of the molecule is Cc1c(C#N)c(NC(=O)CSc2nnnn2C)n(Cc2ccc(F)cc2)c1C. The van der Waals surface area contributed by atoms with Crippen LogP contribution >= 0.6 is 11.8 Å². The normalized spacial score (nSPS) is 10.7. The van der Waals surface area contributed by atoms with Crippen molar-refractivity contribution in [1.29, 1.82) is 5.26 Å². The maximum absolute atomic E-state index is 13.2. The Labute approximate surface area is 165 Å². The molecule has 1 N–H and O–H groups in total. The molecule has 144 valence electrons. The van der Waals surface area contributed by atoms with Crippen LogP contribution in [0.15, 0.2) is 29.4 Å². The Balaban J connectivity index is 1.83. The van der Waals surface area contributed by atoms with Crippen LogP contribution in [0.3, 0.4) is 0 Å². The van der Waals surface area contributed by atoms with E-state index in [0.29, 0.717) is 23.1 Å². The molecule has 3 aromatic rings. The monoisotopic (exact) mass is 399 g/mol. The van der Waals surface area contributed by atoms with Crippen LogP contribution in [0.5, 0.6) is 0 Å². The third kappa shape index (κ3) is 4.04. The Kier molecular flexibility index (Phi) is 5.75. The summed E-state index contributed by atoms with van der Waals surface area (Å²) in [6.45, 7) is 4.13. The van der Waals surface area contributed by atoms with Crippen LogP contribution < -0.4 is 5.32 Å². The molecule has 8 nitrogen and oxygen atoms in total. The molecule has 1 amide bonds. The highest BCUT2D eigenvalue weighted by Crippen LogP contribution is 2.27. The van der Waals surface area contributed by atoms with Gasteiger partial charge in [-0.1, -0.05) is 23.9 Å². The standard InChI is InChI=1S/C18H18FN7OS/c1-11-12(2)26(9-13-4-6-14(19)7-5-13)17(15(11)8-20)21-16(27)10-28-18-22-23-24-25(18)3/h4-7H,9-10H2,1-3H3,(H,21,27). The number of rotatable bonds is 6. The second-order valence-corrected chi connectivity index (χ2v) is 7.12. The molecule has 0 unspecified atom stereocenters. The highest BCUT2D eigenvalue weighted by atomic mass is 32.2. The average Bonchev–Trinajstić information content (AvgIpc) is 3.18. The predicted molar refractivity (Wildman–Crippen MR) is 102 cm³/mol. The minimum atomic E-state index is -0.314. The van der Waals surface area contributed by atoms with Gasteiger partial charge in [0, 0.05) is 19.3 Å². The van der Waals surface area contributed by atoms with E-state index in [-0.39, 0.29) is 17.5 Å². The first-order valence-electron chi connectivity index (χ1n) is 8.40. The first kappa shape index (κ1) is 19.6. The molecule has 0 aliphatic heterocycles. The van der Waals surface area contributed by atoms with Gasteiger partial charge in [0.2, 0.25) is 11.1 Å². The van der Waals surface area contributed by atoms with E-state index in [9.17, 15) is 14.4 Å². The summed E-state index contributed by atoms with van der Waals surface area (Å²) in [6, 6.07) is 8.29. The number of thioether (sulfide) groups is 1. The maximum Gasteiger partial charge on any atom is 0.235 e. The Bertz CT molecular complexity index is 1050. The molecule has 10 heteroatoms. The zero-order valence-electron chi connectivity index (χ0n) is 15.6. The molecular formula is C18H18FN7OS. The lowest BCUT2D eigenvalue weighted by molar-refractivity contribution is -0.113. The highest BCUT2D eigenvalue weighted by molar-refractivity contribution is 7.99. The van der Waals surface area contributed by atoms with Crippen LogP contribution in [-0.4, -0.2) is 36.4 Å². The van der Waals surface area contributed by atoms with Gasteiger partial charge in [0.05, 0.1) is 11.3 Å². The highest BCUT2D eigenvalue weighted by Gasteiger charge is 2.20. The minimum Gasteiger partial charge on any atom is -0.326 e. The molecule has 1 aromatic carbocycles. The Hall–Kier alpha value is -3.19. The van der Waals surface area contributed by atoms with Crippen molar-refractivity contribution in [1.82, 2.24) is 24.8 Å². The molecule has 0 fully saturated rings. The molecule has 0 spiro atoms. The predicted octanol–water partition coefficient (Wildman–Crippen LogP) is 2.42. The molecule has 0 bridgehead atoms. The van der Waals surface area contributed by atoms with Crippen LogP contribution in [0.4, 0.5) is 10.2 Å². The van der Waals surface area contributed by atoms with E-state index in [1.807, 2.05) is 18.4 Å². The van der Waals surface area contributed by atoms with Crippen molar-refractivity contribution in [2.45, 2.75) is 25.5 Å². The number of aromatic nitrogens is 5. The van der Waals surface area contributed by atoms with Gasteiger partial charge in [-0.2, -0.15) is 5.26 Å². The van der Waals surface area contributed by atoms with Crippen molar-refractivity contribution >= 4 is 23.5 Å². The number of nitrogens with one attached hydrogen (secondary N) is 1. The lowest BCUT2D eigenvalue weighted by atomic mass is 10.2. The van der Waals surface area contributed by atoms with E-state index in [1.165, 1.54) is 28.6 Å². The fraction of sp³-hybridized carbons (Fsp3) is 0.278. The largest absolute Gasteiger partial charge is 0.326 e. The third-order valence-electron chi connectivity index (χ3n) is 4.37. The number of carbonyl (C=O) groups is 1. The second kappa shape index (κ2) is 8.22. The summed E-state index contributed by atoms with van der Waals surface area (Å²) in [4.78, 5) is 12.5. The van der Waals surface area contributed by atoms with Crippen LogP contribution in [0, 0.1) is 31.0 Å². The van der Waals surface area contributed by atoms with E-state index in [1.54, 1.807) is 19.2 Å². The molecule has 0 saturated heterocycles. The number of hydrogen-bond acceptors (Lipinski definition) is 6. The van der Waals surface area contributed by atoms with E-state index in [4.69, 9.17) is 0 Å². The maximum atomic E-state index is 13.2. The summed E-state index contributed by atoms with van der Waals surface area (Å²) >= 11 is 1.20. The molecule has 0 atom stereocenters. The van der Waals surface area contributed by atoms with Crippen molar-refractivity contribution in [2.75, 3.05) is 11.1 Å². The summed E-state index contributed by atoms with van der Waals surface area (Å²) in [5, 5.41) is 24.0. The number of hydrogen-bond donors (Lipinski definition) is 1. The van der Waals surface area contributed by atoms with Crippen LogP contribution in [0.1, 0.15) is 22.4 Å². The quantitative estimate of drug-likeness (QED) is 0.639. The first-order chi connectivity index (χ1) is 13.4. The molecule has 28 heavy (non-hydrogen) atoms. The molecule has 0 aliphatic rings. The number of benzene rings is 1. The number of nitrogens with zero attached hydrogens (tertiary/aromatic N) is 6. The van der Waals surface area contributed by atoms with E-state index >= 15 is 0 Å². The summed E-state index contributed by atoms with van der Waals surface area (Å²) in [7, 11) is 1.69. The van der Waals surface area contributed by atoms with Gasteiger partial charge >= 0.3 is 0 Å². The van der Waals surface area contributed by atoms with Crippen molar-refractivity contribution in [3.05, 3.63) is 52.5 Å². The molecule has 0 aliphatic carbocycles. The first-order valence-corrected chi connectivity index (χ1v) is 9.38. The third-order valence-corrected chi connectivity index (χ3v) is 5.38. The van der Waals surface area contributed by atoms with Crippen molar-refractivity contribution in [3.8, 4) is 6.07 Å². The number of carbonyl (C=O) groups excluding carboxylic acids is 1. The zero-order chi connectivity index (χ0) is 20.3. The number of nitriles is 1. The van der Waals surface area contributed by atoms with Gasteiger partial charge in [0.25, 0.3) is 0 Å². The second-order valence-electron chi connectivity index (χ2n) is 6.18. The number of aryl methyl sites for hydroxylation is 1. The summed E-state index contributed by atoms with van der Waals surface area (Å²) < 4.78 is 16.5. The van der Waals surface area contributed by atoms with Gasteiger partial charge in [-0.15, -0.1) is 5.10 Å². The van der Waals surface area contributed by atoms with Gasteiger partial charge in [-0.25, -0.2) is 9.07 Å². The number of halogens is 1. The lowest BCUT2D eigenvalue weighted by Gasteiger charge is -2.13. The molecule has 2 heterocycles. The Morgan fingerprint density at radius 2 is 2.04 bits per heavy atom. The molecule has 0 saturated carbocycles. The van der Waals surface area contributed by atoms with Gasteiger partial charge in [-0.3, -0.25) is 4.79 Å². The van der Waals surface area contributed by atoms with Crippen molar-refractivity contribution < 1.29 is 9.18 Å². The summed E-state index contributed by atoms with van der Waals surface area (Å²) in [6.07, 6.45) is 0. The molecular weight excluding hydrogens is 381 g/mol. The van der Waals surface area contributed by atoms with Gasteiger partial charge in [0.15, 0.2) is 0 Å². The zero-order valence-corrected chi connectivity index (χ0v) is 16.4. The van der Waals surface area contributed by atoms with E-state index in [2.05, 4.69) is 26.9 Å². The van der Waals surface area contributed by atoms with Crippen molar-refractivity contribution in [2.24, 2.45) is 7.05 Å². The van der Waals surface area contributed by atoms with E-state index in [0.717, 1.165) is 16.8 Å². The fourth-order valence-electron chi connectivity index (χ4n) is 2.74. The number of tetrazole rings is 1.